The molecule has 0 saturated carbocycles. The highest BCUT2D eigenvalue weighted by atomic mass is 16.5. The molecule has 1 unspecified atom stereocenters. The minimum atomic E-state index is -0.0157. The van der Waals surface area contributed by atoms with Crippen LogP contribution in [0, 0.1) is 0 Å². The van der Waals surface area contributed by atoms with Crippen molar-refractivity contribution < 1.29 is 19.2 Å². The molecule has 0 aliphatic heterocycles. The van der Waals surface area contributed by atoms with Gasteiger partial charge < -0.3 is 19.7 Å². The lowest BCUT2D eigenvalue weighted by molar-refractivity contribution is -0.912. The average molecular weight is 323 g/mol. The van der Waals surface area contributed by atoms with Crippen LogP contribution in [0.5, 0.6) is 11.5 Å². The maximum absolute atomic E-state index is 12.7. The fraction of sp³-hybridized carbons (Fsp3) is 0.611. The second-order valence-electron chi connectivity index (χ2n) is 5.62. The van der Waals surface area contributed by atoms with Gasteiger partial charge in [-0.1, -0.05) is 13.3 Å². The summed E-state index contributed by atoms with van der Waals surface area (Å²) in [5.74, 6) is 1.34. The largest absolute Gasteiger partial charge is 0.493 e. The molecule has 5 heteroatoms. The minimum Gasteiger partial charge on any atom is -0.493 e. The van der Waals surface area contributed by atoms with E-state index < -0.39 is 0 Å². The van der Waals surface area contributed by atoms with Crippen LogP contribution in [0.2, 0.25) is 0 Å². The van der Waals surface area contributed by atoms with Crippen LogP contribution in [0.15, 0.2) is 18.2 Å². The minimum absolute atomic E-state index is 0.0157. The van der Waals surface area contributed by atoms with Gasteiger partial charge in [0.1, 0.15) is 0 Å². The lowest BCUT2D eigenvalue weighted by Gasteiger charge is -2.25. The van der Waals surface area contributed by atoms with E-state index in [0.29, 0.717) is 11.5 Å². The van der Waals surface area contributed by atoms with E-state index in [4.69, 9.17) is 9.47 Å². The van der Waals surface area contributed by atoms with Crippen molar-refractivity contribution in [3.05, 3.63) is 18.2 Å². The Labute approximate surface area is 140 Å². The van der Waals surface area contributed by atoms with Crippen molar-refractivity contribution >= 4 is 11.6 Å². The van der Waals surface area contributed by atoms with E-state index in [-0.39, 0.29) is 11.9 Å². The van der Waals surface area contributed by atoms with Crippen molar-refractivity contribution in [2.45, 2.75) is 46.1 Å². The van der Waals surface area contributed by atoms with Crippen LogP contribution < -0.4 is 19.7 Å². The third kappa shape index (κ3) is 5.43. The third-order valence-electron chi connectivity index (χ3n) is 4.21. The summed E-state index contributed by atoms with van der Waals surface area (Å²) < 4.78 is 10.5. The molecule has 0 fully saturated rings. The lowest BCUT2D eigenvalue weighted by atomic mass is 10.1. The number of rotatable bonds is 10. The van der Waals surface area contributed by atoms with Gasteiger partial charge in [-0.2, -0.15) is 0 Å². The van der Waals surface area contributed by atoms with Gasteiger partial charge in [0.25, 0.3) is 5.91 Å². The summed E-state index contributed by atoms with van der Waals surface area (Å²) in [6.45, 7) is 8.30. The molecule has 0 heterocycles. The highest BCUT2D eigenvalue weighted by molar-refractivity contribution is 5.94. The number of hydrogen-bond donors (Lipinski definition) is 2. The summed E-state index contributed by atoms with van der Waals surface area (Å²) in [6, 6.07) is 5.43. The van der Waals surface area contributed by atoms with E-state index in [9.17, 15) is 4.79 Å². The number of carbonyl (C=O) groups is 1. The van der Waals surface area contributed by atoms with Gasteiger partial charge in [0.15, 0.2) is 17.5 Å². The Bertz CT molecular complexity index is 487. The molecule has 0 aliphatic carbocycles. The Kier molecular flexibility index (Phi) is 8.48. The van der Waals surface area contributed by atoms with E-state index >= 15 is 0 Å². The first-order valence-electron chi connectivity index (χ1n) is 8.48. The van der Waals surface area contributed by atoms with Gasteiger partial charge in [0, 0.05) is 18.2 Å². The molecular weight excluding hydrogens is 292 g/mol. The van der Waals surface area contributed by atoms with Gasteiger partial charge in [0.2, 0.25) is 0 Å². The van der Waals surface area contributed by atoms with Crippen LogP contribution in [0.25, 0.3) is 0 Å². The molecule has 1 amide bonds. The molecule has 1 aromatic carbocycles. The van der Waals surface area contributed by atoms with Crippen LogP contribution in [0.3, 0.4) is 0 Å². The number of carbonyl (C=O) groups excluding carboxylic acids is 1. The van der Waals surface area contributed by atoms with Crippen LogP contribution in [0.4, 0.5) is 5.69 Å². The number of nitrogens with one attached hydrogen (secondary N) is 2. The molecule has 2 N–H and O–H groups in total. The SMILES string of the molecule is CCCCC(C(=O)Nc1ccc(OC)c(OC)c1)[NH+](CC)CC. The van der Waals surface area contributed by atoms with Crippen molar-refractivity contribution in [1.29, 1.82) is 0 Å². The summed E-state index contributed by atoms with van der Waals surface area (Å²) in [4.78, 5) is 14.0. The van der Waals surface area contributed by atoms with Crippen LogP contribution >= 0.6 is 0 Å². The topological polar surface area (TPSA) is 52.0 Å². The molecule has 23 heavy (non-hydrogen) atoms. The second kappa shape index (κ2) is 10.1. The number of amides is 1. The number of unbranched alkanes of at least 4 members (excludes halogenated alkanes) is 1. The smallest absolute Gasteiger partial charge is 0.282 e. The average Bonchev–Trinajstić information content (AvgIpc) is 2.58. The van der Waals surface area contributed by atoms with Crippen molar-refractivity contribution in [2.75, 3.05) is 32.6 Å². The van der Waals surface area contributed by atoms with E-state index in [0.717, 1.165) is 38.0 Å². The molecule has 0 bridgehead atoms. The zero-order valence-corrected chi connectivity index (χ0v) is 15.1. The molecule has 1 rings (SSSR count). The van der Waals surface area contributed by atoms with Crippen LogP contribution in [-0.4, -0.2) is 39.3 Å². The first kappa shape index (κ1) is 19.3. The maximum atomic E-state index is 12.7. The third-order valence-corrected chi connectivity index (χ3v) is 4.21. The Balaban J connectivity index is 2.88. The first-order valence-corrected chi connectivity index (χ1v) is 8.48. The number of methoxy groups -OCH3 is 2. The van der Waals surface area contributed by atoms with E-state index in [1.54, 1.807) is 26.4 Å². The first-order chi connectivity index (χ1) is 11.1. The summed E-state index contributed by atoms with van der Waals surface area (Å²) in [6.07, 6.45) is 3.07. The number of quaternary nitrogens is 1. The molecule has 0 radical (unpaired) electrons. The number of likely N-dealkylation sites (N-methyl/N-ethyl adjacent to an activating group) is 1. The fourth-order valence-electron chi connectivity index (χ4n) is 2.82. The van der Waals surface area contributed by atoms with Crippen molar-refractivity contribution in [2.24, 2.45) is 0 Å². The second-order valence-corrected chi connectivity index (χ2v) is 5.62. The molecule has 0 saturated heterocycles. The highest BCUT2D eigenvalue weighted by Gasteiger charge is 2.27. The van der Waals surface area contributed by atoms with Gasteiger partial charge in [-0.05, 0) is 32.4 Å². The quantitative estimate of drug-likeness (QED) is 0.693. The van der Waals surface area contributed by atoms with Gasteiger partial charge in [-0.3, -0.25) is 4.79 Å². The Morgan fingerprint density at radius 1 is 1.13 bits per heavy atom. The highest BCUT2D eigenvalue weighted by Crippen LogP contribution is 2.29. The Morgan fingerprint density at radius 3 is 2.30 bits per heavy atom. The number of ether oxygens (including phenoxy) is 2. The van der Waals surface area contributed by atoms with E-state index in [2.05, 4.69) is 26.1 Å². The molecule has 0 aromatic heterocycles. The fourth-order valence-corrected chi connectivity index (χ4v) is 2.82. The lowest BCUT2D eigenvalue weighted by Crippen LogP contribution is -3.16. The Morgan fingerprint density at radius 2 is 1.78 bits per heavy atom. The van der Waals surface area contributed by atoms with Crippen LogP contribution in [-0.2, 0) is 4.79 Å². The number of benzene rings is 1. The van der Waals surface area contributed by atoms with Crippen molar-refractivity contribution in [3.8, 4) is 11.5 Å². The summed E-state index contributed by atoms with van der Waals surface area (Å²) in [7, 11) is 3.19. The van der Waals surface area contributed by atoms with E-state index in [1.165, 1.54) is 4.90 Å². The molecule has 5 nitrogen and oxygen atoms in total. The number of anilines is 1. The molecule has 130 valence electrons. The van der Waals surface area contributed by atoms with E-state index in [1.807, 2.05) is 6.07 Å². The normalized spacial score (nSPS) is 12.1. The van der Waals surface area contributed by atoms with Gasteiger partial charge in [-0.25, -0.2) is 0 Å². The molecule has 0 aliphatic rings. The molecule has 1 aromatic rings. The van der Waals surface area contributed by atoms with Crippen molar-refractivity contribution in [1.82, 2.24) is 0 Å². The zero-order chi connectivity index (χ0) is 17.2. The van der Waals surface area contributed by atoms with Gasteiger partial charge in [0.05, 0.1) is 27.3 Å². The molecular formula is C18H31N2O3+. The summed E-state index contributed by atoms with van der Waals surface area (Å²) >= 11 is 0. The Hall–Kier alpha value is -1.75. The van der Waals surface area contributed by atoms with Gasteiger partial charge >= 0.3 is 0 Å². The molecule has 1 atom stereocenters. The summed E-state index contributed by atoms with van der Waals surface area (Å²) in [5, 5.41) is 3.03. The van der Waals surface area contributed by atoms with Crippen molar-refractivity contribution in [3.63, 3.8) is 0 Å². The summed E-state index contributed by atoms with van der Waals surface area (Å²) in [5.41, 5.74) is 0.737. The predicted octanol–water partition coefficient (Wildman–Crippen LogP) is 2.13. The monoisotopic (exact) mass is 323 g/mol. The standard InChI is InChI=1S/C18H30N2O3/c1-6-9-10-15(20(7-2)8-3)18(21)19-14-11-12-16(22-4)17(13-14)23-5/h11-13,15H,6-10H2,1-5H3,(H,19,21)/p+1. The number of hydrogen-bond acceptors (Lipinski definition) is 3. The molecule has 0 spiro atoms. The maximum Gasteiger partial charge on any atom is 0.282 e. The van der Waals surface area contributed by atoms with Gasteiger partial charge in [-0.15, -0.1) is 0 Å². The predicted molar refractivity (Wildman–Crippen MR) is 93.5 cm³/mol. The van der Waals surface area contributed by atoms with Crippen LogP contribution in [0.1, 0.15) is 40.0 Å². The zero-order valence-electron chi connectivity index (χ0n) is 15.1.